The fourth-order valence-electron chi connectivity index (χ4n) is 2.83. The van der Waals surface area contributed by atoms with E-state index >= 15 is 0 Å². The molecule has 2 N–H and O–H groups in total. The molecule has 1 fully saturated rings. The minimum absolute atomic E-state index is 0.137. The van der Waals surface area contributed by atoms with Gasteiger partial charge in [-0.05, 0) is 50.7 Å². The average molecular weight is 276 g/mol. The Morgan fingerprint density at radius 2 is 2.20 bits per heavy atom. The van der Waals surface area contributed by atoms with Gasteiger partial charge in [-0.3, -0.25) is 9.78 Å². The van der Waals surface area contributed by atoms with Gasteiger partial charge in [0.1, 0.15) is 0 Å². The summed E-state index contributed by atoms with van der Waals surface area (Å²) in [6.45, 7) is 4.39. The monoisotopic (exact) mass is 276 g/mol. The van der Waals surface area contributed by atoms with Crippen molar-refractivity contribution in [3.05, 3.63) is 29.6 Å². The zero-order valence-corrected chi connectivity index (χ0v) is 12.4. The fourth-order valence-corrected chi connectivity index (χ4v) is 2.83. The Morgan fingerprint density at radius 1 is 1.50 bits per heavy atom. The van der Waals surface area contributed by atoms with Crippen molar-refractivity contribution in [2.45, 2.75) is 51.6 Å². The van der Waals surface area contributed by atoms with Gasteiger partial charge < -0.3 is 10.4 Å². The van der Waals surface area contributed by atoms with Gasteiger partial charge in [-0.25, -0.2) is 0 Å². The molecule has 20 heavy (non-hydrogen) atoms. The van der Waals surface area contributed by atoms with E-state index < -0.39 is 5.60 Å². The van der Waals surface area contributed by atoms with E-state index in [4.69, 9.17) is 0 Å². The number of aromatic nitrogens is 1. The van der Waals surface area contributed by atoms with E-state index in [0.29, 0.717) is 12.1 Å². The molecule has 0 radical (unpaired) electrons. The number of carbonyl (C=O) groups is 1. The molecule has 2 rings (SSSR count). The predicted octanol–water partition coefficient (Wildman–Crippen LogP) is 2.45. The van der Waals surface area contributed by atoms with Crippen LogP contribution in [0.1, 0.15) is 55.1 Å². The van der Waals surface area contributed by atoms with Crippen molar-refractivity contribution in [2.75, 3.05) is 6.54 Å². The third-order valence-corrected chi connectivity index (χ3v) is 4.35. The first-order chi connectivity index (χ1) is 9.52. The molecule has 1 aromatic heterocycles. The summed E-state index contributed by atoms with van der Waals surface area (Å²) in [6, 6.07) is 3.45. The Kier molecular flexibility index (Phi) is 4.76. The number of rotatable bonds is 4. The quantitative estimate of drug-likeness (QED) is 0.888. The number of aryl methyl sites for hydroxylation is 1. The maximum absolute atomic E-state index is 12.1. The summed E-state index contributed by atoms with van der Waals surface area (Å²) < 4.78 is 0. The van der Waals surface area contributed by atoms with E-state index in [2.05, 4.69) is 17.2 Å². The van der Waals surface area contributed by atoms with Crippen LogP contribution in [0.3, 0.4) is 0 Å². The number of nitrogens with one attached hydrogen (secondary N) is 1. The third kappa shape index (κ3) is 3.79. The molecule has 4 heteroatoms. The molecule has 0 bridgehead atoms. The van der Waals surface area contributed by atoms with E-state index in [-0.39, 0.29) is 5.91 Å². The molecule has 0 unspecified atom stereocenters. The first-order valence-corrected chi connectivity index (χ1v) is 7.45. The Balaban J connectivity index is 1.87. The maximum Gasteiger partial charge on any atom is 0.251 e. The minimum Gasteiger partial charge on any atom is -0.388 e. The van der Waals surface area contributed by atoms with Crippen LogP contribution in [0.5, 0.6) is 0 Å². The molecule has 0 saturated heterocycles. The predicted molar refractivity (Wildman–Crippen MR) is 78.5 cm³/mol. The summed E-state index contributed by atoms with van der Waals surface area (Å²) in [7, 11) is 0. The molecule has 1 heterocycles. The van der Waals surface area contributed by atoms with Gasteiger partial charge in [0, 0.05) is 24.0 Å². The highest BCUT2D eigenvalue weighted by molar-refractivity contribution is 5.94. The van der Waals surface area contributed by atoms with Crippen LogP contribution in [0.4, 0.5) is 0 Å². The Morgan fingerprint density at radius 3 is 2.80 bits per heavy atom. The number of carbonyl (C=O) groups excluding carboxylic acids is 1. The standard InChI is InChI=1S/C16H24N2O2/c1-3-13-4-7-16(20,8-5-13)11-18-15(19)14-6-9-17-12(2)10-14/h6,9-10,13,20H,3-5,7-8,11H2,1-2H3,(H,18,19). The lowest BCUT2D eigenvalue weighted by Crippen LogP contribution is -2.45. The topological polar surface area (TPSA) is 62.2 Å². The number of amides is 1. The lowest BCUT2D eigenvalue weighted by atomic mass is 9.78. The largest absolute Gasteiger partial charge is 0.388 e. The molecule has 0 aliphatic heterocycles. The summed E-state index contributed by atoms with van der Waals surface area (Å²) in [5, 5.41) is 13.4. The average Bonchev–Trinajstić information content (AvgIpc) is 2.46. The van der Waals surface area contributed by atoms with Crippen molar-refractivity contribution in [3.63, 3.8) is 0 Å². The molecule has 0 aromatic carbocycles. The minimum atomic E-state index is -0.733. The molecule has 110 valence electrons. The van der Waals surface area contributed by atoms with E-state index in [9.17, 15) is 9.90 Å². The van der Waals surface area contributed by atoms with Crippen molar-refractivity contribution in [3.8, 4) is 0 Å². The zero-order chi connectivity index (χ0) is 14.6. The van der Waals surface area contributed by atoms with E-state index in [1.165, 1.54) is 6.42 Å². The first kappa shape index (κ1) is 15.0. The SMILES string of the molecule is CCC1CCC(O)(CNC(=O)c2ccnc(C)c2)CC1. The van der Waals surface area contributed by atoms with E-state index in [0.717, 1.165) is 37.3 Å². The molecule has 1 amide bonds. The summed E-state index contributed by atoms with van der Waals surface area (Å²) in [4.78, 5) is 16.1. The van der Waals surface area contributed by atoms with E-state index in [1.54, 1.807) is 18.3 Å². The second-order valence-electron chi connectivity index (χ2n) is 5.94. The lowest BCUT2D eigenvalue weighted by Gasteiger charge is -2.35. The first-order valence-electron chi connectivity index (χ1n) is 7.45. The molecular weight excluding hydrogens is 252 g/mol. The van der Waals surface area contributed by atoms with Gasteiger partial charge in [-0.1, -0.05) is 13.3 Å². The van der Waals surface area contributed by atoms with Gasteiger partial charge in [0.25, 0.3) is 5.91 Å². The van der Waals surface area contributed by atoms with Crippen LogP contribution >= 0.6 is 0 Å². The third-order valence-electron chi connectivity index (χ3n) is 4.35. The lowest BCUT2D eigenvalue weighted by molar-refractivity contribution is -0.00786. The van der Waals surface area contributed by atoms with E-state index in [1.807, 2.05) is 6.92 Å². The van der Waals surface area contributed by atoms with Gasteiger partial charge in [0.2, 0.25) is 0 Å². The fraction of sp³-hybridized carbons (Fsp3) is 0.625. The Bertz CT molecular complexity index is 465. The molecule has 1 aliphatic rings. The van der Waals surface area contributed by atoms with Gasteiger partial charge in [0.15, 0.2) is 0 Å². The van der Waals surface area contributed by atoms with Crippen LogP contribution in [0, 0.1) is 12.8 Å². The molecule has 1 saturated carbocycles. The highest BCUT2D eigenvalue weighted by Crippen LogP contribution is 2.33. The second kappa shape index (κ2) is 6.35. The molecule has 1 aliphatic carbocycles. The molecule has 1 aromatic rings. The van der Waals surface area contributed by atoms with Crippen LogP contribution in [-0.4, -0.2) is 28.1 Å². The van der Waals surface area contributed by atoms with Crippen LogP contribution < -0.4 is 5.32 Å². The van der Waals surface area contributed by atoms with Crippen LogP contribution in [0.25, 0.3) is 0 Å². The molecule has 0 atom stereocenters. The highest BCUT2D eigenvalue weighted by atomic mass is 16.3. The highest BCUT2D eigenvalue weighted by Gasteiger charge is 2.32. The number of hydrogen-bond donors (Lipinski definition) is 2. The molecule has 0 spiro atoms. The van der Waals surface area contributed by atoms with Crippen LogP contribution in [0.2, 0.25) is 0 Å². The normalized spacial score (nSPS) is 26.2. The Labute approximate surface area is 120 Å². The second-order valence-corrected chi connectivity index (χ2v) is 5.94. The van der Waals surface area contributed by atoms with Gasteiger partial charge in [-0.2, -0.15) is 0 Å². The van der Waals surface area contributed by atoms with Crippen molar-refractivity contribution in [2.24, 2.45) is 5.92 Å². The zero-order valence-electron chi connectivity index (χ0n) is 12.4. The van der Waals surface area contributed by atoms with Crippen LogP contribution in [0.15, 0.2) is 18.3 Å². The van der Waals surface area contributed by atoms with Crippen molar-refractivity contribution < 1.29 is 9.90 Å². The maximum atomic E-state index is 12.1. The van der Waals surface area contributed by atoms with Gasteiger partial charge in [0.05, 0.1) is 5.60 Å². The number of aliphatic hydroxyl groups is 1. The molecule has 4 nitrogen and oxygen atoms in total. The number of nitrogens with zero attached hydrogens (tertiary/aromatic N) is 1. The summed E-state index contributed by atoms with van der Waals surface area (Å²) in [6.07, 6.45) is 6.47. The van der Waals surface area contributed by atoms with Crippen molar-refractivity contribution >= 4 is 5.91 Å². The van der Waals surface area contributed by atoms with Gasteiger partial charge in [-0.15, -0.1) is 0 Å². The van der Waals surface area contributed by atoms with Crippen LogP contribution in [-0.2, 0) is 0 Å². The number of hydrogen-bond acceptors (Lipinski definition) is 3. The van der Waals surface area contributed by atoms with Crippen molar-refractivity contribution in [1.82, 2.24) is 10.3 Å². The van der Waals surface area contributed by atoms with Crippen molar-refractivity contribution in [1.29, 1.82) is 0 Å². The number of pyridine rings is 1. The van der Waals surface area contributed by atoms with Gasteiger partial charge >= 0.3 is 0 Å². The summed E-state index contributed by atoms with van der Waals surface area (Å²) >= 11 is 0. The summed E-state index contributed by atoms with van der Waals surface area (Å²) in [5.41, 5.74) is 0.687. The smallest absolute Gasteiger partial charge is 0.251 e. The summed E-state index contributed by atoms with van der Waals surface area (Å²) in [5.74, 6) is 0.593. The Hall–Kier alpha value is -1.42. The molecular formula is C16H24N2O2.